The van der Waals surface area contributed by atoms with Gasteiger partial charge < -0.3 is 9.52 Å². The van der Waals surface area contributed by atoms with Gasteiger partial charge in [-0.15, -0.1) is 5.10 Å². The molecule has 0 radical (unpaired) electrons. The van der Waals surface area contributed by atoms with E-state index in [9.17, 15) is 4.79 Å². The van der Waals surface area contributed by atoms with Gasteiger partial charge in [-0.3, -0.25) is 9.25 Å². The summed E-state index contributed by atoms with van der Waals surface area (Å²) < 4.78 is 8.46. The fraction of sp³-hybridized carbons (Fsp3) is 0.357. The van der Waals surface area contributed by atoms with Crippen LogP contribution in [0.1, 0.15) is 12.1 Å². The molecule has 2 aromatic heterocycles. The van der Waals surface area contributed by atoms with Gasteiger partial charge in [0.25, 0.3) is 0 Å². The maximum atomic E-state index is 11.8. The van der Waals surface area contributed by atoms with Crippen LogP contribution in [0.15, 0.2) is 39.7 Å². The number of nitrogens with zero attached hydrogens (tertiary/aromatic N) is 4. The smallest absolute Gasteiger partial charge is 0.408 e. The molecule has 7 heteroatoms. The van der Waals surface area contributed by atoms with Crippen LogP contribution < -0.4 is 5.76 Å². The van der Waals surface area contributed by atoms with E-state index in [-0.39, 0.29) is 12.4 Å². The molecule has 0 saturated heterocycles. The maximum Gasteiger partial charge on any atom is 0.420 e. The number of fused-ring (bicyclic) bond motifs is 1. The molecule has 0 amide bonds. The molecule has 3 aromatic rings. The molecule has 0 aliphatic carbocycles. The highest BCUT2D eigenvalue weighted by Crippen LogP contribution is 2.11. The first-order valence-electron chi connectivity index (χ1n) is 6.86. The summed E-state index contributed by atoms with van der Waals surface area (Å²) in [4.78, 5) is 11.8. The number of aliphatic hydroxyl groups is 1. The monoisotopic (exact) mass is 288 g/mol. The number of aliphatic hydroxyl groups excluding tert-OH is 1. The number of aryl methyl sites for hydroxylation is 3. The summed E-state index contributed by atoms with van der Waals surface area (Å²) in [7, 11) is 0. The van der Waals surface area contributed by atoms with E-state index in [4.69, 9.17) is 9.52 Å². The molecule has 3 rings (SSSR count). The van der Waals surface area contributed by atoms with Crippen LogP contribution >= 0.6 is 0 Å². The molecule has 0 bridgehead atoms. The second kappa shape index (κ2) is 5.92. The van der Waals surface area contributed by atoms with E-state index in [1.165, 1.54) is 0 Å². The molecule has 0 unspecified atom stereocenters. The van der Waals surface area contributed by atoms with Gasteiger partial charge in [-0.05, 0) is 25.0 Å². The number of oxazole rings is 1. The van der Waals surface area contributed by atoms with Crippen molar-refractivity contribution in [2.24, 2.45) is 0 Å². The maximum absolute atomic E-state index is 11.8. The van der Waals surface area contributed by atoms with Gasteiger partial charge in [-0.1, -0.05) is 17.3 Å². The third-order valence-corrected chi connectivity index (χ3v) is 3.30. The van der Waals surface area contributed by atoms with E-state index < -0.39 is 0 Å². The lowest BCUT2D eigenvalue weighted by Gasteiger charge is -2.01. The Labute approximate surface area is 120 Å². The number of hydrogen-bond acceptors (Lipinski definition) is 5. The first-order valence-corrected chi connectivity index (χ1v) is 6.86. The topological polar surface area (TPSA) is 86.1 Å². The Hall–Kier alpha value is -2.41. The fourth-order valence-electron chi connectivity index (χ4n) is 2.25. The number of para-hydroxylation sites is 2. The van der Waals surface area contributed by atoms with Crippen molar-refractivity contribution in [2.75, 3.05) is 6.61 Å². The van der Waals surface area contributed by atoms with Crippen molar-refractivity contribution in [3.05, 3.63) is 46.7 Å². The van der Waals surface area contributed by atoms with Crippen molar-refractivity contribution in [3.63, 3.8) is 0 Å². The zero-order chi connectivity index (χ0) is 14.7. The predicted octanol–water partition coefficient (Wildman–Crippen LogP) is 0.811. The van der Waals surface area contributed by atoms with Crippen LogP contribution in [0, 0.1) is 0 Å². The van der Waals surface area contributed by atoms with Gasteiger partial charge in [0.15, 0.2) is 5.58 Å². The Bertz CT molecular complexity index is 787. The molecule has 7 nitrogen and oxygen atoms in total. The average molecular weight is 288 g/mol. The number of aromatic nitrogens is 4. The molecule has 21 heavy (non-hydrogen) atoms. The molecule has 0 fully saturated rings. The summed E-state index contributed by atoms with van der Waals surface area (Å²) in [5.74, 6) is -0.364. The van der Waals surface area contributed by atoms with Crippen LogP contribution in [0.2, 0.25) is 0 Å². The SMILES string of the molecule is O=c1oc2ccccc2n1CCn1cc(CCCO)nn1. The summed E-state index contributed by atoms with van der Waals surface area (Å²) >= 11 is 0. The normalized spacial score (nSPS) is 11.3. The summed E-state index contributed by atoms with van der Waals surface area (Å²) in [5.41, 5.74) is 2.21. The van der Waals surface area contributed by atoms with Gasteiger partial charge in [0.2, 0.25) is 0 Å². The standard InChI is InChI=1S/C14H16N4O3/c19-9-3-4-11-10-17(16-15-11)7-8-18-12-5-1-2-6-13(12)21-14(18)20/h1-2,5-6,10,19H,3-4,7-9H2. The van der Waals surface area contributed by atoms with Gasteiger partial charge in [0.05, 0.1) is 17.8 Å². The van der Waals surface area contributed by atoms with Crippen molar-refractivity contribution < 1.29 is 9.52 Å². The number of benzene rings is 1. The van der Waals surface area contributed by atoms with E-state index in [0.717, 1.165) is 11.2 Å². The Kier molecular flexibility index (Phi) is 3.83. The van der Waals surface area contributed by atoms with Crippen LogP contribution in [0.4, 0.5) is 0 Å². The van der Waals surface area contributed by atoms with Crippen LogP contribution in [-0.4, -0.2) is 31.3 Å². The zero-order valence-electron chi connectivity index (χ0n) is 11.5. The van der Waals surface area contributed by atoms with Crippen molar-refractivity contribution in [1.29, 1.82) is 0 Å². The lowest BCUT2D eigenvalue weighted by Crippen LogP contribution is -2.18. The van der Waals surface area contributed by atoms with Crippen LogP contribution in [-0.2, 0) is 19.5 Å². The molecule has 0 atom stereocenters. The minimum absolute atomic E-state index is 0.142. The van der Waals surface area contributed by atoms with E-state index in [2.05, 4.69) is 10.3 Å². The first-order chi connectivity index (χ1) is 10.3. The van der Waals surface area contributed by atoms with Crippen molar-refractivity contribution >= 4 is 11.1 Å². The van der Waals surface area contributed by atoms with Crippen molar-refractivity contribution in [3.8, 4) is 0 Å². The third-order valence-electron chi connectivity index (χ3n) is 3.30. The number of rotatable bonds is 6. The van der Waals surface area contributed by atoms with Crippen molar-refractivity contribution in [1.82, 2.24) is 19.6 Å². The molecule has 0 aliphatic rings. The highest BCUT2D eigenvalue weighted by Gasteiger charge is 2.08. The van der Waals surface area contributed by atoms with Gasteiger partial charge in [-0.25, -0.2) is 4.79 Å². The highest BCUT2D eigenvalue weighted by atomic mass is 16.4. The Balaban J connectivity index is 1.73. The zero-order valence-corrected chi connectivity index (χ0v) is 11.5. The predicted molar refractivity (Wildman–Crippen MR) is 75.9 cm³/mol. The average Bonchev–Trinajstić information content (AvgIpc) is 3.06. The third kappa shape index (κ3) is 2.87. The molecule has 0 spiro atoms. The molecular formula is C14H16N4O3. The summed E-state index contributed by atoms with van der Waals surface area (Å²) in [5, 5.41) is 16.8. The van der Waals surface area contributed by atoms with Gasteiger partial charge in [0.1, 0.15) is 0 Å². The molecule has 1 N–H and O–H groups in total. The largest absolute Gasteiger partial charge is 0.420 e. The van der Waals surface area contributed by atoms with Gasteiger partial charge in [0, 0.05) is 19.3 Å². The minimum Gasteiger partial charge on any atom is -0.408 e. The van der Waals surface area contributed by atoms with Crippen molar-refractivity contribution in [2.45, 2.75) is 25.9 Å². The Morgan fingerprint density at radius 1 is 1.24 bits per heavy atom. The van der Waals surface area contributed by atoms with Crippen LogP contribution in [0.25, 0.3) is 11.1 Å². The van der Waals surface area contributed by atoms with E-state index >= 15 is 0 Å². The second-order valence-electron chi connectivity index (χ2n) is 4.79. The van der Waals surface area contributed by atoms with E-state index in [1.807, 2.05) is 24.4 Å². The van der Waals surface area contributed by atoms with Gasteiger partial charge >= 0.3 is 5.76 Å². The molecule has 110 valence electrons. The first kappa shape index (κ1) is 13.6. The molecule has 1 aromatic carbocycles. The molecule has 0 saturated carbocycles. The quantitative estimate of drug-likeness (QED) is 0.725. The summed E-state index contributed by atoms with van der Waals surface area (Å²) in [6.07, 6.45) is 3.21. The van der Waals surface area contributed by atoms with Gasteiger partial charge in [-0.2, -0.15) is 0 Å². The fourth-order valence-corrected chi connectivity index (χ4v) is 2.25. The highest BCUT2D eigenvalue weighted by molar-refractivity contribution is 5.72. The lowest BCUT2D eigenvalue weighted by molar-refractivity contribution is 0.288. The molecular weight excluding hydrogens is 272 g/mol. The van der Waals surface area contributed by atoms with Crippen LogP contribution in [0.3, 0.4) is 0 Å². The second-order valence-corrected chi connectivity index (χ2v) is 4.79. The Morgan fingerprint density at radius 2 is 2.10 bits per heavy atom. The molecule has 2 heterocycles. The molecule has 0 aliphatic heterocycles. The number of hydrogen-bond donors (Lipinski definition) is 1. The van der Waals surface area contributed by atoms with Crippen LogP contribution in [0.5, 0.6) is 0 Å². The lowest BCUT2D eigenvalue weighted by atomic mass is 10.3. The minimum atomic E-state index is -0.364. The summed E-state index contributed by atoms with van der Waals surface area (Å²) in [6.45, 7) is 1.15. The summed E-state index contributed by atoms with van der Waals surface area (Å²) in [6, 6.07) is 7.33. The Morgan fingerprint density at radius 3 is 2.95 bits per heavy atom. The van der Waals surface area contributed by atoms with E-state index in [1.54, 1.807) is 15.3 Å². The van der Waals surface area contributed by atoms with E-state index in [0.29, 0.717) is 31.5 Å².